The summed E-state index contributed by atoms with van der Waals surface area (Å²) in [6.07, 6.45) is 1.62. The van der Waals surface area contributed by atoms with Crippen molar-refractivity contribution in [3.63, 3.8) is 0 Å². The van der Waals surface area contributed by atoms with E-state index in [9.17, 15) is 4.79 Å². The van der Waals surface area contributed by atoms with Crippen molar-refractivity contribution in [2.75, 3.05) is 0 Å². The predicted octanol–water partition coefficient (Wildman–Crippen LogP) is 3.54. The minimum atomic E-state index is -0.259. The second kappa shape index (κ2) is 6.05. The molecule has 106 valence electrons. The van der Waals surface area contributed by atoms with Crippen molar-refractivity contribution in [2.45, 2.75) is 9.99 Å². The van der Waals surface area contributed by atoms with Gasteiger partial charge in [0.15, 0.2) is 10.2 Å². The zero-order valence-corrected chi connectivity index (χ0v) is 13.8. The molecule has 1 amide bonds. The van der Waals surface area contributed by atoms with Crippen LogP contribution < -0.4 is 10.6 Å². The molecule has 2 N–H and O–H groups in total. The summed E-state index contributed by atoms with van der Waals surface area (Å²) in [6, 6.07) is 11.7. The molecule has 0 atom stereocenters. The highest BCUT2D eigenvalue weighted by atomic mass is 79.9. The molecule has 7 heteroatoms. The van der Waals surface area contributed by atoms with Crippen LogP contribution in [0.15, 0.2) is 61.0 Å². The largest absolute Gasteiger partial charge is 0.449 e. The minimum Gasteiger partial charge on any atom is -0.449 e. The maximum absolute atomic E-state index is 11.6. The third-order valence-corrected chi connectivity index (χ3v) is 4.69. The Morgan fingerprint density at radius 1 is 1.24 bits per heavy atom. The zero-order chi connectivity index (χ0) is 14.8. The van der Waals surface area contributed by atoms with Crippen LogP contribution in [-0.4, -0.2) is 11.0 Å². The van der Waals surface area contributed by atoms with Crippen LogP contribution in [0, 0.1) is 0 Å². The van der Waals surface area contributed by atoms with Gasteiger partial charge >= 0.3 is 0 Å². The molecule has 1 saturated heterocycles. The van der Waals surface area contributed by atoms with Gasteiger partial charge in [-0.1, -0.05) is 30.0 Å². The van der Waals surface area contributed by atoms with Crippen molar-refractivity contribution in [3.05, 3.63) is 52.3 Å². The van der Waals surface area contributed by atoms with Gasteiger partial charge in [-0.05, 0) is 46.3 Å². The topological polar surface area (TPSA) is 54.3 Å². The van der Waals surface area contributed by atoms with E-state index >= 15 is 0 Å². The molecule has 0 radical (unpaired) electrons. The summed E-state index contributed by atoms with van der Waals surface area (Å²) in [5.41, 5.74) is 0.373. The van der Waals surface area contributed by atoms with Gasteiger partial charge in [0.25, 0.3) is 5.91 Å². The van der Waals surface area contributed by atoms with E-state index in [-0.39, 0.29) is 5.91 Å². The first-order chi connectivity index (χ1) is 10.1. The Labute approximate surface area is 139 Å². The standard InChI is InChI=1S/C14H9BrN2O2S2/c15-10-6-8(7-11-12(18)17-14(20)16-11)19-13(10)21-9-4-2-1-3-5-9/h1-7H,(H2,16,17,18,20)/b11-7+. The normalized spacial score (nSPS) is 16.1. The van der Waals surface area contributed by atoms with Crippen LogP contribution in [-0.2, 0) is 4.79 Å². The summed E-state index contributed by atoms with van der Waals surface area (Å²) < 4.78 is 6.58. The average Bonchev–Trinajstić information content (AvgIpc) is 2.94. The number of carbonyl (C=O) groups is 1. The molecule has 1 aromatic heterocycles. The fraction of sp³-hybridized carbons (Fsp3) is 0. The lowest BCUT2D eigenvalue weighted by Crippen LogP contribution is -2.21. The van der Waals surface area contributed by atoms with Crippen LogP contribution in [0.5, 0.6) is 0 Å². The molecule has 3 rings (SSSR count). The number of hydrogen-bond acceptors (Lipinski definition) is 4. The summed E-state index contributed by atoms with van der Waals surface area (Å²) in [6.45, 7) is 0. The summed E-state index contributed by atoms with van der Waals surface area (Å²) in [7, 11) is 0. The third kappa shape index (κ3) is 3.37. The Kier molecular flexibility index (Phi) is 4.14. The van der Waals surface area contributed by atoms with Gasteiger partial charge in [0.2, 0.25) is 0 Å². The first kappa shape index (κ1) is 14.4. The van der Waals surface area contributed by atoms with Crippen LogP contribution in [0.4, 0.5) is 0 Å². The van der Waals surface area contributed by atoms with Crippen LogP contribution in [0.1, 0.15) is 5.76 Å². The molecule has 0 aliphatic carbocycles. The third-order valence-electron chi connectivity index (χ3n) is 2.63. The van der Waals surface area contributed by atoms with E-state index in [0.29, 0.717) is 16.6 Å². The van der Waals surface area contributed by atoms with E-state index < -0.39 is 0 Å². The monoisotopic (exact) mass is 380 g/mol. The quantitative estimate of drug-likeness (QED) is 0.629. The second-order valence-corrected chi connectivity index (χ2v) is 6.47. The van der Waals surface area contributed by atoms with Gasteiger partial charge < -0.3 is 9.73 Å². The molecule has 2 aromatic rings. The highest BCUT2D eigenvalue weighted by Gasteiger charge is 2.21. The number of carbonyl (C=O) groups excluding carboxylic acids is 1. The average molecular weight is 381 g/mol. The molecular weight excluding hydrogens is 372 g/mol. The van der Waals surface area contributed by atoms with Gasteiger partial charge in [-0.25, -0.2) is 0 Å². The van der Waals surface area contributed by atoms with Crippen LogP contribution in [0.3, 0.4) is 0 Å². The Morgan fingerprint density at radius 2 is 2.00 bits per heavy atom. The Balaban J connectivity index is 1.83. The van der Waals surface area contributed by atoms with Crippen molar-refractivity contribution >= 4 is 57.0 Å². The number of furan rings is 1. The highest BCUT2D eigenvalue weighted by molar-refractivity contribution is 9.10. The summed E-state index contributed by atoms with van der Waals surface area (Å²) in [4.78, 5) is 12.7. The molecule has 4 nitrogen and oxygen atoms in total. The van der Waals surface area contributed by atoms with Gasteiger partial charge in [-0.3, -0.25) is 10.1 Å². The number of halogens is 1. The SMILES string of the molecule is O=C1NC(=S)N/C1=C/c1cc(Br)c(Sc2ccccc2)o1. The van der Waals surface area contributed by atoms with Crippen molar-refractivity contribution in [1.82, 2.24) is 10.6 Å². The number of amides is 1. The van der Waals surface area contributed by atoms with Crippen molar-refractivity contribution < 1.29 is 9.21 Å². The summed E-state index contributed by atoms with van der Waals surface area (Å²) in [5, 5.41) is 6.32. The zero-order valence-electron chi connectivity index (χ0n) is 10.6. The number of thiocarbonyl (C=S) groups is 1. The van der Waals surface area contributed by atoms with Crippen LogP contribution in [0.2, 0.25) is 0 Å². The predicted molar refractivity (Wildman–Crippen MR) is 88.8 cm³/mol. The number of rotatable bonds is 3. The molecule has 0 saturated carbocycles. The van der Waals surface area contributed by atoms with Gasteiger partial charge in [-0.15, -0.1) is 0 Å². The van der Waals surface area contributed by atoms with E-state index in [1.165, 1.54) is 11.8 Å². The van der Waals surface area contributed by atoms with E-state index in [2.05, 4.69) is 26.6 Å². The number of nitrogens with one attached hydrogen (secondary N) is 2. The van der Waals surface area contributed by atoms with E-state index in [4.69, 9.17) is 16.6 Å². The molecule has 1 aliphatic rings. The summed E-state index contributed by atoms with van der Waals surface area (Å²) in [5.74, 6) is 0.312. The van der Waals surface area contributed by atoms with Gasteiger partial charge in [0.05, 0.1) is 4.47 Å². The molecule has 1 aromatic carbocycles. The molecule has 0 bridgehead atoms. The lowest BCUT2D eigenvalue weighted by atomic mass is 10.3. The van der Waals surface area contributed by atoms with E-state index in [1.807, 2.05) is 36.4 Å². The Hall–Kier alpha value is -1.57. The number of hydrogen-bond donors (Lipinski definition) is 2. The van der Waals surface area contributed by atoms with Crippen LogP contribution >= 0.6 is 39.9 Å². The lowest BCUT2D eigenvalue weighted by Gasteiger charge is -1.97. The molecule has 1 aliphatic heterocycles. The molecular formula is C14H9BrN2O2S2. The molecule has 2 heterocycles. The molecule has 21 heavy (non-hydrogen) atoms. The Bertz CT molecular complexity index is 741. The molecule has 0 unspecified atom stereocenters. The van der Waals surface area contributed by atoms with Crippen molar-refractivity contribution in [2.24, 2.45) is 0 Å². The van der Waals surface area contributed by atoms with Gasteiger partial charge in [0, 0.05) is 11.0 Å². The van der Waals surface area contributed by atoms with Crippen LogP contribution in [0.25, 0.3) is 6.08 Å². The molecule has 0 spiro atoms. The lowest BCUT2D eigenvalue weighted by molar-refractivity contribution is -0.115. The first-order valence-electron chi connectivity index (χ1n) is 5.98. The maximum atomic E-state index is 11.6. The second-order valence-electron chi connectivity index (χ2n) is 4.17. The Morgan fingerprint density at radius 3 is 2.67 bits per heavy atom. The fourth-order valence-electron chi connectivity index (χ4n) is 1.73. The van der Waals surface area contributed by atoms with Gasteiger partial charge in [-0.2, -0.15) is 0 Å². The first-order valence-corrected chi connectivity index (χ1v) is 8.00. The maximum Gasteiger partial charge on any atom is 0.274 e. The fourth-order valence-corrected chi connectivity index (χ4v) is 3.28. The van der Waals surface area contributed by atoms with Crippen molar-refractivity contribution in [3.8, 4) is 0 Å². The number of benzene rings is 1. The van der Waals surface area contributed by atoms with Crippen molar-refractivity contribution in [1.29, 1.82) is 0 Å². The smallest absolute Gasteiger partial charge is 0.274 e. The minimum absolute atomic E-state index is 0.259. The highest BCUT2D eigenvalue weighted by Crippen LogP contribution is 2.36. The summed E-state index contributed by atoms with van der Waals surface area (Å²) >= 11 is 9.84. The van der Waals surface area contributed by atoms with Gasteiger partial charge in [0.1, 0.15) is 11.5 Å². The van der Waals surface area contributed by atoms with E-state index in [0.717, 1.165) is 14.5 Å². The molecule has 1 fully saturated rings. The van der Waals surface area contributed by atoms with E-state index in [1.54, 1.807) is 6.08 Å².